The number of benzene rings is 1. The fourth-order valence-electron chi connectivity index (χ4n) is 2.54. The molecular weight excluding hydrogens is 338 g/mol. The second-order valence-electron chi connectivity index (χ2n) is 5.23. The molecule has 0 aliphatic heterocycles. The standard InChI is InChI=1S/C14H13N3O8/c15-11(20)6-2-1-3-7-9(6)16-5-17(7)10(12(21)22)14(25,13(23)24)4-8(18)19/h1-3,5,10,25H,4H2,(H2,15,20)(H,18,19)(H,21,22)(H,23,24)/t10-,14?/m1/s1. The van der Waals surface area contributed by atoms with Gasteiger partial charge in [0.25, 0.3) is 5.91 Å². The molecule has 2 rings (SSSR count). The number of primary amides is 1. The second-order valence-corrected chi connectivity index (χ2v) is 5.23. The number of fused-ring (bicyclic) bond motifs is 1. The van der Waals surface area contributed by atoms with Gasteiger partial charge in [0.15, 0.2) is 6.04 Å². The van der Waals surface area contributed by atoms with Crippen molar-refractivity contribution < 1.29 is 39.6 Å². The third-order valence-corrected chi connectivity index (χ3v) is 3.63. The highest BCUT2D eigenvalue weighted by Crippen LogP contribution is 2.31. The lowest BCUT2D eigenvalue weighted by Gasteiger charge is -2.29. The number of rotatable bonds is 7. The van der Waals surface area contributed by atoms with Crippen molar-refractivity contribution in [2.24, 2.45) is 5.73 Å². The summed E-state index contributed by atoms with van der Waals surface area (Å²) in [5, 5.41) is 37.8. The Morgan fingerprint density at radius 3 is 2.32 bits per heavy atom. The van der Waals surface area contributed by atoms with Crippen molar-refractivity contribution in [2.45, 2.75) is 18.1 Å². The minimum atomic E-state index is -3.16. The zero-order chi connectivity index (χ0) is 18.9. The Morgan fingerprint density at radius 1 is 1.20 bits per heavy atom. The average molecular weight is 351 g/mol. The lowest BCUT2D eigenvalue weighted by molar-refractivity contribution is -0.177. The Morgan fingerprint density at radius 2 is 1.84 bits per heavy atom. The van der Waals surface area contributed by atoms with Crippen molar-refractivity contribution >= 4 is 34.8 Å². The summed E-state index contributed by atoms with van der Waals surface area (Å²) >= 11 is 0. The summed E-state index contributed by atoms with van der Waals surface area (Å²) in [4.78, 5) is 49.2. The monoisotopic (exact) mass is 351 g/mol. The first-order chi connectivity index (χ1) is 11.6. The van der Waals surface area contributed by atoms with Crippen LogP contribution in [0.5, 0.6) is 0 Å². The molecule has 0 spiro atoms. The van der Waals surface area contributed by atoms with Gasteiger partial charge in [0, 0.05) is 0 Å². The molecule has 2 atom stereocenters. The van der Waals surface area contributed by atoms with Crippen molar-refractivity contribution in [3.8, 4) is 0 Å². The summed E-state index contributed by atoms with van der Waals surface area (Å²) < 4.78 is 0.779. The summed E-state index contributed by atoms with van der Waals surface area (Å²) in [5.74, 6) is -6.38. The van der Waals surface area contributed by atoms with Gasteiger partial charge < -0.3 is 30.7 Å². The van der Waals surface area contributed by atoms with Crippen LogP contribution in [0.4, 0.5) is 0 Å². The number of para-hydroxylation sites is 1. The van der Waals surface area contributed by atoms with Crippen molar-refractivity contribution in [2.75, 3.05) is 0 Å². The molecule has 1 heterocycles. The number of imidazole rings is 1. The van der Waals surface area contributed by atoms with E-state index in [0.29, 0.717) is 0 Å². The first kappa shape index (κ1) is 17.9. The lowest BCUT2D eigenvalue weighted by atomic mass is 9.90. The van der Waals surface area contributed by atoms with Crippen LogP contribution in [0.3, 0.4) is 0 Å². The Labute approximate surface area is 138 Å². The van der Waals surface area contributed by atoms with Gasteiger partial charge >= 0.3 is 17.9 Å². The van der Waals surface area contributed by atoms with Crippen molar-refractivity contribution in [1.82, 2.24) is 9.55 Å². The quantitative estimate of drug-likeness (QED) is 0.418. The maximum Gasteiger partial charge on any atom is 0.339 e. The van der Waals surface area contributed by atoms with Crippen LogP contribution in [0, 0.1) is 0 Å². The maximum absolute atomic E-state index is 11.6. The molecule has 0 aliphatic rings. The van der Waals surface area contributed by atoms with Gasteiger partial charge in [0.1, 0.15) is 5.52 Å². The van der Waals surface area contributed by atoms with E-state index in [0.717, 1.165) is 10.9 Å². The highest BCUT2D eigenvalue weighted by atomic mass is 16.4. The Balaban J connectivity index is 2.74. The highest BCUT2D eigenvalue weighted by molar-refractivity contribution is 6.04. The Kier molecular flexibility index (Phi) is 4.44. The zero-order valence-electron chi connectivity index (χ0n) is 12.5. The molecule has 0 radical (unpaired) electrons. The number of carboxylic acids is 3. The zero-order valence-corrected chi connectivity index (χ0v) is 12.5. The van der Waals surface area contributed by atoms with E-state index in [1.165, 1.54) is 18.2 Å². The predicted molar refractivity (Wildman–Crippen MR) is 79.8 cm³/mol. The fourth-order valence-corrected chi connectivity index (χ4v) is 2.54. The molecular formula is C14H13N3O8. The van der Waals surface area contributed by atoms with E-state index < -0.39 is 41.9 Å². The summed E-state index contributed by atoms with van der Waals surface area (Å²) in [6, 6.07) is 1.80. The molecule has 11 heteroatoms. The molecule has 132 valence electrons. The topological polar surface area (TPSA) is 193 Å². The van der Waals surface area contributed by atoms with E-state index in [1.54, 1.807) is 0 Å². The van der Waals surface area contributed by atoms with Crippen LogP contribution in [0.15, 0.2) is 24.5 Å². The van der Waals surface area contributed by atoms with E-state index in [-0.39, 0.29) is 16.6 Å². The Bertz CT molecular complexity index is 889. The van der Waals surface area contributed by atoms with Crippen molar-refractivity contribution in [3.63, 3.8) is 0 Å². The number of carbonyl (C=O) groups excluding carboxylic acids is 1. The number of aliphatic carboxylic acids is 3. The third-order valence-electron chi connectivity index (χ3n) is 3.63. The van der Waals surface area contributed by atoms with Crippen LogP contribution >= 0.6 is 0 Å². The molecule has 0 aliphatic carbocycles. The van der Waals surface area contributed by atoms with Crippen LogP contribution in [0.2, 0.25) is 0 Å². The predicted octanol–water partition coefficient (Wildman–Crippen LogP) is -0.949. The number of carbonyl (C=O) groups is 4. The molecule has 0 bridgehead atoms. The first-order valence-electron chi connectivity index (χ1n) is 6.75. The van der Waals surface area contributed by atoms with E-state index in [9.17, 15) is 34.5 Å². The van der Waals surface area contributed by atoms with Gasteiger partial charge in [-0.1, -0.05) is 6.07 Å². The van der Waals surface area contributed by atoms with Gasteiger partial charge in [-0.2, -0.15) is 0 Å². The molecule has 0 fully saturated rings. The van der Waals surface area contributed by atoms with E-state index >= 15 is 0 Å². The van der Waals surface area contributed by atoms with Crippen molar-refractivity contribution in [3.05, 3.63) is 30.1 Å². The number of nitrogens with two attached hydrogens (primary N) is 1. The summed E-state index contributed by atoms with van der Waals surface area (Å²) in [5.41, 5.74) is 1.98. The number of nitrogens with zero attached hydrogens (tertiary/aromatic N) is 2. The smallest absolute Gasteiger partial charge is 0.339 e. The molecule has 1 aromatic carbocycles. The molecule has 1 unspecified atom stereocenters. The molecule has 11 nitrogen and oxygen atoms in total. The molecule has 1 aromatic heterocycles. The average Bonchev–Trinajstić information content (AvgIpc) is 2.89. The fraction of sp³-hybridized carbons (Fsp3) is 0.214. The molecule has 0 saturated heterocycles. The Hall–Kier alpha value is -3.47. The maximum atomic E-state index is 11.6. The first-order valence-corrected chi connectivity index (χ1v) is 6.75. The van der Waals surface area contributed by atoms with Crippen LogP contribution in [-0.4, -0.2) is 59.4 Å². The summed E-state index contributed by atoms with van der Waals surface area (Å²) in [7, 11) is 0. The van der Waals surface area contributed by atoms with Crippen LogP contribution in [-0.2, 0) is 14.4 Å². The van der Waals surface area contributed by atoms with Crippen LogP contribution in [0.1, 0.15) is 22.8 Å². The lowest BCUT2D eigenvalue weighted by Crippen LogP contribution is -2.51. The minimum absolute atomic E-state index is 0.00577. The number of amides is 1. The molecule has 1 amide bonds. The molecule has 0 saturated carbocycles. The van der Waals surface area contributed by atoms with Gasteiger partial charge in [0.05, 0.1) is 23.8 Å². The minimum Gasteiger partial charge on any atom is -0.481 e. The SMILES string of the molecule is NC(=O)c1cccc2c1ncn2[C@H](C(=O)O)C(O)(CC(=O)O)C(=O)O. The third kappa shape index (κ3) is 2.99. The number of aliphatic hydroxyl groups is 1. The van der Waals surface area contributed by atoms with Crippen LogP contribution < -0.4 is 5.73 Å². The van der Waals surface area contributed by atoms with E-state index in [1.807, 2.05) is 0 Å². The molecule has 6 N–H and O–H groups in total. The van der Waals surface area contributed by atoms with Crippen molar-refractivity contribution in [1.29, 1.82) is 0 Å². The number of hydrogen-bond acceptors (Lipinski definition) is 6. The molecule has 25 heavy (non-hydrogen) atoms. The second kappa shape index (κ2) is 6.20. The number of aromatic nitrogens is 2. The van der Waals surface area contributed by atoms with Gasteiger partial charge in [-0.15, -0.1) is 0 Å². The number of hydrogen-bond donors (Lipinski definition) is 5. The highest BCUT2D eigenvalue weighted by Gasteiger charge is 2.51. The van der Waals surface area contributed by atoms with E-state index in [2.05, 4.69) is 4.98 Å². The van der Waals surface area contributed by atoms with Gasteiger partial charge in [-0.05, 0) is 12.1 Å². The van der Waals surface area contributed by atoms with Crippen LogP contribution in [0.25, 0.3) is 11.0 Å². The van der Waals surface area contributed by atoms with Gasteiger partial charge in [0.2, 0.25) is 5.60 Å². The summed E-state index contributed by atoms with van der Waals surface area (Å²) in [6.07, 6.45) is -0.472. The van der Waals surface area contributed by atoms with Gasteiger partial charge in [-0.3, -0.25) is 9.59 Å². The van der Waals surface area contributed by atoms with Gasteiger partial charge in [-0.25, -0.2) is 14.6 Å². The summed E-state index contributed by atoms with van der Waals surface area (Å²) in [6.45, 7) is 0. The largest absolute Gasteiger partial charge is 0.481 e. The van der Waals surface area contributed by atoms with E-state index in [4.69, 9.17) is 10.8 Å². The molecule has 2 aromatic rings. The number of carboxylic acid groups (broad SMARTS) is 3. The normalized spacial score (nSPS) is 14.6.